The van der Waals surface area contributed by atoms with E-state index in [1.54, 1.807) is 19.2 Å². The molecule has 2 N–H and O–H groups in total. The van der Waals surface area contributed by atoms with E-state index < -0.39 is 6.10 Å². The zero-order valence-corrected chi connectivity index (χ0v) is 11.4. The standard InChI is InChI=1S/C12H14Cl2N2O2/c1-16(10-5-15-6-11(10)17)12(18)8-4-7(13)2-3-9(8)14/h2-4,10-11,15,17H,5-6H2,1H3/t10-,11-/m1/s1. The quantitative estimate of drug-likeness (QED) is 0.865. The van der Waals surface area contributed by atoms with Crippen molar-refractivity contribution in [3.05, 3.63) is 33.8 Å². The van der Waals surface area contributed by atoms with Gasteiger partial charge in [0.2, 0.25) is 0 Å². The van der Waals surface area contributed by atoms with Crippen molar-refractivity contribution in [3.63, 3.8) is 0 Å². The van der Waals surface area contributed by atoms with Gasteiger partial charge in [-0.2, -0.15) is 0 Å². The lowest BCUT2D eigenvalue weighted by molar-refractivity contribution is 0.0581. The first kappa shape index (κ1) is 13.6. The number of hydrogen-bond donors (Lipinski definition) is 2. The van der Waals surface area contributed by atoms with E-state index in [0.29, 0.717) is 28.7 Å². The molecular formula is C12H14Cl2N2O2. The molecule has 2 rings (SSSR count). The molecular weight excluding hydrogens is 275 g/mol. The van der Waals surface area contributed by atoms with E-state index >= 15 is 0 Å². The molecule has 1 heterocycles. The third-order valence-corrected chi connectivity index (χ3v) is 3.69. The molecule has 1 amide bonds. The maximum Gasteiger partial charge on any atom is 0.255 e. The Balaban J connectivity index is 2.22. The summed E-state index contributed by atoms with van der Waals surface area (Å²) in [7, 11) is 1.65. The molecule has 18 heavy (non-hydrogen) atoms. The number of amides is 1. The highest BCUT2D eigenvalue weighted by Gasteiger charge is 2.32. The van der Waals surface area contributed by atoms with Crippen LogP contribution in [0.5, 0.6) is 0 Å². The maximum atomic E-state index is 12.3. The van der Waals surface area contributed by atoms with Gasteiger partial charge in [0.05, 0.1) is 22.7 Å². The summed E-state index contributed by atoms with van der Waals surface area (Å²) in [5.74, 6) is -0.241. The minimum Gasteiger partial charge on any atom is -0.390 e. The zero-order chi connectivity index (χ0) is 13.3. The average Bonchev–Trinajstić information content (AvgIpc) is 2.77. The summed E-state index contributed by atoms with van der Waals surface area (Å²) in [4.78, 5) is 13.8. The Hall–Kier alpha value is -0.810. The van der Waals surface area contributed by atoms with Gasteiger partial charge in [-0.3, -0.25) is 4.79 Å². The number of rotatable bonds is 2. The number of carbonyl (C=O) groups excluding carboxylic acids is 1. The summed E-state index contributed by atoms with van der Waals surface area (Å²) in [5.41, 5.74) is 0.353. The van der Waals surface area contributed by atoms with Gasteiger partial charge < -0.3 is 15.3 Å². The van der Waals surface area contributed by atoms with Crippen LogP contribution >= 0.6 is 23.2 Å². The molecule has 2 atom stereocenters. The molecule has 1 fully saturated rings. The van der Waals surface area contributed by atoms with E-state index in [9.17, 15) is 9.90 Å². The van der Waals surface area contributed by atoms with Crippen LogP contribution in [0, 0.1) is 0 Å². The molecule has 0 saturated carbocycles. The summed E-state index contributed by atoms with van der Waals surface area (Å²) in [6, 6.07) is 4.52. The second-order valence-corrected chi connectivity index (χ2v) is 5.18. The molecule has 1 saturated heterocycles. The van der Waals surface area contributed by atoms with Crippen molar-refractivity contribution < 1.29 is 9.90 Å². The number of nitrogens with one attached hydrogen (secondary N) is 1. The first-order chi connectivity index (χ1) is 8.50. The van der Waals surface area contributed by atoms with Crippen molar-refractivity contribution in [2.24, 2.45) is 0 Å². The van der Waals surface area contributed by atoms with E-state index in [1.807, 2.05) is 0 Å². The van der Waals surface area contributed by atoms with Gasteiger partial charge in [0.15, 0.2) is 0 Å². The van der Waals surface area contributed by atoms with Crippen LogP contribution in [0.3, 0.4) is 0 Å². The first-order valence-corrected chi connectivity index (χ1v) is 6.37. The summed E-state index contributed by atoms with van der Waals surface area (Å²) >= 11 is 11.9. The lowest BCUT2D eigenvalue weighted by atomic mass is 10.1. The predicted octanol–water partition coefficient (Wildman–Crippen LogP) is 1.40. The van der Waals surface area contributed by atoms with E-state index in [-0.39, 0.29) is 11.9 Å². The SMILES string of the molecule is CN(C(=O)c1cc(Cl)ccc1Cl)[C@@H]1CNC[C@H]1O. The van der Waals surface area contributed by atoms with Crippen LogP contribution in [0.4, 0.5) is 0 Å². The fraction of sp³-hybridized carbons (Fsp3) is 0.417. The summed E-state index contributed by atoms with van der Waals surface area (Å²) in [6.45, 7) is 1.06. The lowest BCUT2D eigenvalue weighted by Crippen LogP contribution is -2.44. The van der Waals surface area contributed by atoms with Crippen molar-refractivity contribution in [3.8, 4) is 0 Å². The molecule has 4 nitrogen and oxygen atoms in total. The Kier molecular flexibility index (Phi) is 4.12. The van der Waals surface area contributed by atoms with Crippen LogP contribution in [0.1, 0.15) is 10.4 Å². The molecule has 1 aliphatic heterocycles. The summed E-state index contributed by atoms with van der Waals surface area (Å²) in [6.07, 6.45) is -0.558. The van der Waals surface area contributed by atoms with Gasteiger partial charge in [-0.1, -0.05) is 23.2 Å². The van der Waals surface area contributed by atoms with Crippen LogP contribution in [0.2, 0.25) is 10.0 Å². The number of halogens is 2. The van der Waals surface area contributed by atoms with Crippen LogP contribution in [-0.2, 0) is 0 Å². The largest absolute Gasteiger partial charge is 0.390 e. The van der Waals surface area contributed by atoms with E-state index in [1.165, 1.54) is 11.0 Å². The number of likely N-dealkylation sites (N-methyl/N-ethyl adjacent to an activating group) is 1. The topological polar surface area (TPSA) is 52.6 Å². The number of hydrogen-bond acceptors (Lipinski definition) is 3. The number of benzene rings is 1. The number of β-amino-alcohol motifs (C(OH)–C–C–N with tert-alkyl or cyclic N) is 1. The Labute approximate surface area is 115 Å². The van der Waals surface area contributed by atoms with E-state index in [0.717, 1.165) is 0 Å². The second-order valence-electron chi connectivity index (χ2n) is 4.33. The highest BCUT2D eigenvalue weighted by atomic mass is 35.5. The molecule has 1 aromatic carbocycles. The lowest BCUT2D eigenvalue weighted by Gasteiger charge is -2.26. The van der Waals surface area contributed by atoms with Gasteiger partial charge in [-0.25, -0.2) is 0 Å². The Bertz CT molecular complexity index is 467. The van der Waals surface area contributed by atoms with Gasteiger partial charge in [0.25, 0.3) is 5.91 Å². The summed E-state index contributed by atoms with van der Waals surface area (Å²) < 4.78 is 0. The third kappa shape index (κ3) is 2.62. The van der Waals surface area contributed by atoms with Crippen molar-refractivity contribution in [1.29, 1.82) is 0 Å². The smallest absolute Gasteiger partial charge is 0.255 e. The number of aliphatic hydroxyl groups excluding tert-OH is 1. The van der Waals surface area contributed by atoms with Gasteiger partial charge in [-0.15, -0.1) is 0 Å². The Morgan fingerprint density at radius 2 is 2.17 bits per heavy atom. The molecule has 0 aromatic heterocycles. The second kappa shape index (κ2) is 5.45. The van der Waals surface area contributed by atoms with Crippen LogP contribution in [0.15, 0.2) is 18.2 Å². The predicted molar refractivity (Wildman–Crippen MR) is 71.2 cm³/mol. The number of aliphatic hydroxyl groups is 1. The third-order valence-electron chi connectivity index (χ3n) is 3.13. The minimum atomic E-state index is -0.558. The molecule has 98 valence electrons. The fourth-order valence-corrected chi connectivity index (χ4v) is 2.42. The molecule has 6 heteroatoms. The zero-order valence-electron chi connectivity index (χ0n) is 9.86. The van der Waals surface area contributed by atoms with Crippen molar-refractivity contribution >= 4 is 29.1 Å². The van der Waals surface area contributed by atoms with Crippen LogP contribution < -0.4 is 5.32 Å². The van der Waals surface area contributed by atoms with Gasteiger partial charge >= 0.3 is 0 Å². The molecule has 0 unspecified atom stereocenters. The Morgan fingerprint density at radius 1 is 1.44 bits per heavy atom. The molecule has 0 bridgehead atoms. The fourth-order valence-electron chi connectivity index (χ4n) is 2.05. The maximum absolute atomic E-state index is 12.3. The van der Waals surface area contributed by atoms with Gasteiger partial charge in [0.1, 0.15) is 0 Å². The monoisotopic (exact) mass is 288 g/mol. The normalized spacial score (nSPS) is 23.1. The Morgan fingerprint density at radius 3 is 2.78 bits per heavy atom. The highest BCUT2D eigenvalue weighted by molar-refractivity contribution is 6.35. The molecule has 0 radical (unpaired) electrons. The number of carbonyl (C=O) groups is 1. The molecule has 0 spiro atoms. The first-order valence-electron chi connectivity index (χ1n) is 5.61. The van der Waals surface area contributed by atoms with Gasteiger partial charge in [-0.05, 0) is 18.2 Å². The van der Waals surface area contributed by atoms with Crippen LogP contribution in [0.25, 0.3) is 0 Å². The molecule has 1 aliphatic rings. The van der Waals surface area contributed by atoms with Crippen molar-refractivity contribution in [1.82, 2.24) is 10.2 Å². The van der Waals surface area contributed by atoms with Crippen molar-refractivity contribution in [2.75, 3.05) is 20.1 Å². The van der Waals surface area contributed by atoms with Crippen molar-refractivity contribution in [2.45, 2.75) is 12.1 Å². The molecule has 1 aromatic rings. The minimum absolute atomic E-state index is 0.241. The van der Waals surface area contributed by atoms with Crippen LogP contribution in [-0.4, -0.2) is 48.2 Å². The summed E-state index contributed by atoms with van der Waals surface area (Å²) in [5, 5.41) is 13.6. The average molecular weight is 289 g/mol. The van der Waals surface area contributed by atoms with E-state index in [2.05, 4.69) is 5.32 Å². The van der Waals surface area contributed by atoms with Gasteiger partial charge in [0, 0.05) is 25.2 Å². The highest BCUT2D eigenvalue weighted by Crippen LogP contribution is 2.23. The molecule has 0 aliphatic carbocycles. The van der Waals surface area contributed by atoms with E-state index in [4.69, 9.17) is 23.2 Å². The number of nitrogens with zero attached hydrogens (tertiary/aromatic N) is 1.